The predicted octanol–water partition coefficient (Wildman–Crippen LogP) is 2.49. The summed E-state index contributed by atoms with van der Waals surface area (Å²) in [5.74, 6) is -0.321. The Hall–Kier alpha value is -1.56. The number of aliphatic hydroxyl groups is 1. The van der Waals surface area contributed by atoms with E-state index in [2.05, 4.69) is 15.5 Å². The Bertz CT molecular complexity index is 608. The molecule has 1 aromatic heterocycles. The van der Waals surface area contributed by atoms with Gasteiger partial charge < -0.3 is 10.4 Å². The number of hydrogen-bond donors (Lipinski definition) is 3. The van der Waals surface area contributed by atoms with E-state index in [9.17, 15) is 9.90 Å². The topological polar surface area (TPSA) is 78.0 Å². The van der Waals surface area contributed by atoms with E-state index in [1.165, 1.54) is 6.20 Å². The number of hydrogen-bond acceptors (Lipinski definition) is 3. The molecule has 20 heavy (non-hydrogen) atoms. The monoisotopic (exact) mass is 313 g/mol. The van der Waals surface area contributed by atoms with Crippen molar-refractivity contribution in [2.45, 2.75) is 13.0 Å². The molecule has 0 saturated heterocycles. The summed E-state index contributed by atoms with van der Waals surface area (Å²) in [5.41, 5.74) is 1.50. The number of aromatic amines is 1. The average molecular weight is 314 g/mol. The number of rotatable bonds is 4. The van der Waals surface area contributed by atoms with E-state index in [4.69, 9.17) is 23.2 Å². The average Bonchev–Trinajstić information content (AvgIpc) is 2.82. The van der Waals surface area contributed by atoms with E-state index in [1.807, 2.05) is 0 Å². The van der Waals surface area contributed by atoms with Gasteiger partial charge in [0.2, 0.25) is 0 Å². The summed E-state index contributed by atoms with van der Waals surface area (Å²) < 4.78 is 0. The molecule has 2 aromatic rings. The maximum atomic E-state index is 11.9. The molecule has 0 aliphatic carbocycles. The number of aliphatic hydroxyl groups excluding tert-OH is 1. The lowest BCUT2D eigenvalue weighted by Gasteiger charge is -2.15. The Morgan fingerprint density at radius 1 is 1.45 bits per heavy atom. The van der Waals surface area contributed by atoms with Gasteiger partial charge in [0.25, 0.3) is 5.91 Å². The van der Waals surface area contributed by atoms with E-state index in [0.717, 1.165) is 0 Å². The summed E-state index contributed by atoms with van der Waals surface area (Å²) in [7, 11) is 0. The molecule has 1 heterocycles. The molecule has 0 aliphatic rings. The second kappa shape index (κ2) is 6.26. The maximum Gasteiger partial charge on any atom is 0.254 e. The molecule has 2 rings (SSSR count). The van der Waals surface area contributed by atoms with Crippen LogP contribution in [0.3, 0.4) is 0 Å². The van der Waals surface area contributed by atoms with Crippen LogP contribution in [0.25, 0.3) is 0 Å². The zero-order valence-corrected chi connectivity index (χ0v) is 12.2. The zero-order valence-electron chi connectivity index (χ0n) is 10.7. The highest BCUT2D eigenvalue weighted by atomic mass is 35.5. The lowest BCUT2D eigenvalue weighted by atomic mass is 10.1. The number of amides is 1. The Morgan fingerprint density at radius 3 is 2.65 bits per heavy atom. The van der Waals surface area contributed by atoms with Crippen molar-refractivity contribution in [3.05, 3.63) is 51.3 Å². The maximum absolute atomic E-state index is 11.9. The molecule has 0 radical (unpaired) electrons. The van der Waals surface area contributed by atoms with Crippen LogP contribution >= 0.6 is 23.2 Å². The van der Waals surface area contributed by atoms with Crippen LogP contribution in [-0.4, -0.2) is 27.8 Å². The van der Waals surface area contributed by atoms with Gasteiger partial charge in [-0.2, -0.15) is 5.10 Å². The van der Waals surface area contributed by atoms with Crippen molar-refractivity contribution in [1.29, 1.82) is 0 Å². The SMILES string of the molecule is Cc1[nH]ncc1C(=O)NCC(O)c1c(Cl)cccc1Cl. The summed E-state index contributed by atoms with van der Waals surface area (Å²) in [6.07, 6.45) is 0.451. The molecule has 0 bridgehead atoms. The lowest BCUT2D eigenvalue weighted by molar-refractivity contribution is 0.0916. The van der Waals surface area contributed by atoms with Crippen LogP contribution in [0.15, 0.2) is 24.4 Å². The van der Waals surface area contributed by atoms with Crippen LogP contribution in [-0.2, 0) is 0 Å². The normalized spacial score (nSPS) is 12.2. The third-order valence-electron chi connectivity index (χ3n) is 2.86. The Kier molecular flexibility index (Phi) is 4.65. The third kappa shape index (κ3) is 3.12. The van der Waals surface area contributed by atoms with Crippen molar-refractivity contribution in [2.75, 3.05) is 6.54 Å². The van der Waals surface area contributed by atoms with Gasteiger partial charge in [-0.1, -0.05) is 29.3 Å². The summed E-state index contributed by atoms with van der Waals surface area (Å²) in [4.78, 5) is 11.9. The Labute approximate surface area is 125 Å². The molecule has 3 N–H and O–H groups in total. The molecule has 1 unspecified atom stereocenters. The van der Waals surface area contributed by atoms with Crippen LogP contribution < -0.4 is 5.32 Å². The number of carbonyl (C=O) groups is 1. The van der Waals surface area contributed by atoms with Gasteiger partial charge in [0.15, 0.2) is 0 Å². The minimum absolute atomic E-state index is 0.00685. The van der Waals surface area contributed by atoms with Gasteiger partial charge in [0, 0.05) is 27.8 Å². The number of aromatic nitrogens is 2. The van der Waals surface area contributed by atoms with E-state index in [-0.39, 0.29) is 12.5 Å². The Morgan fingerprint density at radius 2 is 2.10 bits per heavy atom. The lowest BCUT2D eigenvalue weighted by Crippen LogP contribution is -2.28. The van der Waals surface area contributed by atoms with Crippen molar-refractivity contribution in [1.82, 2.24) is 15.5 Å². The standard InChI is InChI=1S/C13H13Cl2N3O2/c1-7-8(5-17-18-7)13(20)16-6-11(19)12-9(14)3-2-4-10(12)15/h2-5,11,19H,6H2,1H3,(H,16,20)(H,17,18). The van der Waals surface area contributed by atoms with E-state index in [0.29, 0.717) is 26.9 Å². The summed E-state index contributed by atoms with van der Waals surface area (Å²) in [6, 6.07) is 4.95. The highest BCUT2D eigenvalue weighted by Crippen LogP contribution is 2.29. The van der Waals surface area contributed by atoms with E-state index in [1.54, 1.807) is 25.1 Å². The van der Waals surface area contributed by atoms with Crippen LogP contribution in [0.5, 0.6) is 0 Å². The second-order valence-corrected chi connectivity index (χ2v) is 5.08. The third-order valence-corrected chi connectivity index (χ3v) is 3.52. The molecule has 1 aromatic carbocycles. The number of H-pyrrole nitrogens is 1. The molecule has 0 saturated carbocycles. The largest absolute Gasteiger partial charge is 0.386 e. The molecule has 0 aliphatic heterocycles. The number of halogens is 2. The molecular formula is C13H13Cl2N3O2. The van der Waals surface area contributed by atoms with Gasteiger partial charge in [-0.3, -0.25) is 9.89 Å². The molecule has 5 nitrogen and oxygen atoms in total. The van der Waals surface area contributed by atoms with Crippen molar-refractivity contribution in [2.24, 2.45) is 0 Å². The summed E-state index contributed by atoms with van der Waals surface area (Å²) >= 11 is 12.0. The van der Waals surface area contributed by atoms with Crippen LogP contribution in [0.1, 0.15) is 27.7 Å². The fourth-order valence-corrected chi connectivity index (χ4v) is 2.44. The summed E-state index contributed by atoms with van der Waals surface area (Å²) in [5, 5.41) is 19.9. The number of nitrogens with zero attached hydrogens (tertiary/aromatic N) is 1. The minimum atomic E-state index is -0.979. The van der Waals surface area contributed by atoms with Crippen molar-refractivity contribution >= 4 is 29.1 Å². The quantitative estimate of drug-likeness (QED) is 0.811. The summed E-state index contributed by atoms with van der Waals surface area (Å²) in [6.45, 7) is 1.75. The number of carbonyl (C=O) groups excluding carboxylic acids is 1. The van der Waals surface area contributed by atoms with Crippen molar-refractivity contribution in [3.63, 3.8) is 0 Å². The van der Waals surface area contributed by atoms with E-state index < -0.39 is 6.10 Å². The highest BCUT2D eigenvalue weighted by molar-refractivity contribution is 6.36. The first-order valence-electron chi connectivity index (χ1n) is 5.91. The number of nitrogens with one attached hydrogen (secondary N) is 2. The van der Waals surface area contributed by atoms with Crippen molar-refractivity contribution < 1.29 is 9.90 Å². The molecule has 0 spiro atoms. The van der Waals surface area contributed by atoms with Gasteiger partial charge >= 0.3 is 0 Å². The van der Waals surface area contributed by atoms with Crippen LogP contribution in [0.2, 0.25) is 10.0 Å². The molecule has 106 valence electrons. The molecule has 1 atom stereocenters. The molecule has 1 amide bonds. The number of aryl methyl sites for hydroxylation is 1. The molecular weight excluding hydrogens is 301 g/mol. The first-order valence-corrected chi connectivity index (χ1v) is 6.66. The second-order valence-electron chi connectivity index (χ2n) is 4.27. The zero-order chi connectivity index (χ0) is 14.7. The first-order chi connectivity index (χ1) is 9.50. The fraction of sp³-hybridized carbons (Fsp3) is 0.231. The van der Waals surface area contributed by atoms with Gasteiger partial charge in [-0.15, -0.1) is 0 Å². The van der Waals surface area contributed by atoms with Gasteiger partial charge in [0.1, 0.15) is 0 Å². The number of benzene rings is 1. The van der Waals surface area contributed by atoms with Gasteiger partial charge in [0.05, 0.1) is 17.9 Å². The van der Waals surface area contributed by atoms with Crippen LogP contribution in [0, 0.1) is 6.92 Å². The molecule has 7 heteroatoms. The van der Waals surface area contributed by atoms with Crippen molar-refractivity contribution in [3.8, 4) is 0 Å². The molecule has 0 fully saturated rings. The Balaban J connectivity index is 2.04. The smallest absolute Gasteiger partial charge is 0.254 e. The minimum Gasteiger partial charge on any atom is -0.386 e. The van der Waals surface area contributed by atoms with Gasteiger partial charge in [-0.25, -0.2) is 0 Å². The fourth-order valence-electron chi connectivity index (χ4n) is 1.80. The first kappa shape index (κ1) is 14.8. The van der Waals surface area contributed by atoms with Gasteiger partial charge in [-0.05, 0) is 19.1 Å². The predicted molar refractivity (Wildman–Crippen MR) is 77.1 cm³/mol. The van der Waals surface area contributed by atoms with E-state index >= 15 is 0 Å². The highest BCUT2D eigenvalue weighted by Gasteiger charge is 2.17. The van der Waals surface area contributed by atoms with Crippen LogP contribution in [0.4, 0.5) is 0 Å².